The summed E-state index contributed by atoms with van der Waals surface area (Å²) in [6, 6.07) is 6.54. The number of esters is 1. The summed E-state index contributed by atoms with van der Waals surface area (Å²) in [5.74, 6) is -4.17. The van der Waals surface area contributed by atoms with Crippen molar-refractivity contribution < 1.29 is 77.1 Å². The predicted molar refractivity (Wildman–Crippen MR) is 298 cm³/mol. The van der Waals surface area contributed by atoms with E-state index in [0.717, 1.165) is 48.9 Å². The molecule has 21 heteroatoms. The lowest BCUT2D eigenvalue weighted by molar-refractivity contribution is -0.319. The largest absolute Gasteiger partial charge is 0.459 e. The summed E-state index contributed by atoms with van der Waals surface area (Å²) in [7, 11) is 6.43. The Morgan fingerprint density at radius 3 is 2.17 bits per heavy atom. The third-order valence-electron chi connectivity index (χ3n) is 19.1. The van der Waals surface area contributed by atoms with Crippen molar-refractivity contribution in [3.8, 4) is 0 Å². The second-order valence-electron chi connectivity index (χ2n) is 25.3. The molecular formula is C60H96FN5O15. The molecule has 4 aliphatic heterocycles. The standard InChI is InChI=1S/C60H96FN5O15/c1-16-46-59(11,72)52(69)36(5)48(67)34(3)28-58(10,75-15)54(37(6)50(38(7)55(71)78-46)79-47-30-57(9,74-14)53(70)39(8)77-47)80-56-49(68)44(27-35(4)76-56)65(12)26-23-42-32-66(64-62-42)45(31-61)51(73-13)41-19-17-40(18-20-41)43-29-60(81-63-43)24-21-33(2)22-25-60/h17-20,32-39,44-47,49-54,56,68-70,72H,16,21-31H2,1-15H3/t33?,34-,35-,36+,37+,38-,39+,44+,45+,46-,47+,49-,50+,51-,52-,53+,54-,56+,57-,58-,59-,60?/m1/s1. The average molecular weight is 1150 g/mol. The molecule has 1 spiro atoms. The number of aromatic nitrogens is 3. The first-order valence-corrected chi connectivity index (χ1v) is 29.5. The number of alkyl halides is 1. The van der Waals surface area contributed by atoms with Gasteiger partial charge in [0.25, 0.3) is 0 Å². The van der Waals surface area contributed by atoms with Gasteiger partial charge in [0.2, 0.25) is 0 Å². The summed E-state index contributed by atoms with van der Waals surface area (Å²) < 4.78 is 67.5. The number of halogens is 1. The van der Waals surface area contributed by atoms with E-state index in [2.05, 4.69) is 22.4 Å². The maximum Gasteiger partial charge on any atom is 0.311 e. The smallest absolute Gasteiger partial charge is 0.311 e. The highest BCUT2D eigenvalue weighted by molar-refractivity contribution is 6.01. The molecule has 20 atom stereocenters. The molecular weight excluding hydrogens is 1050 g/mol. The van der Waals surface area contributed by atoms with Gasteiger partial charge in [-0.15, -0.1) is 5.10 Å². The zero-order chi connectivity index (χ0) is 59.5. The Bertz CT molecular complexity index is 2410. The number of hydrogen-bond donors (Lipinski definition) is 4. The second kappa shape index (κ2) is 26.8. The average Bonchev–Trinajstić information content (AvgIpc) is 4.23. The van der Waals surface area contributed by atoms with Gasteiger partial charge >= 0.3 is 5.97 Å². The number of nitrogens with zero attached hydrogens (tertiary/aromatic N) is 5. The minimum Gasteiger partial charge on any atom is -0.459 e. The van der Waals surface area contributed by atoms with Crippen LogP contribution < -0.4 is 0 Å². The van der Waals surface area contributed by atoms with Gasteiger partial charge < -0.3 is 68.1 Å². The van der Waals surface area contributed by atoms with Crippen molar-refractivity contribution in [3.63, 3.8) is 0 Å². The van der Waals surface area contributed by atoms with Crippen molar-refractivity contribution in [2.75, 3.05) is 41.6 Å². The summed E-state index contributed by atoms with van der Waals surface area (Å²) in [4.78, 5) is 36.9. The first-order valence-electron chi connectivity index (χ1n) is 29.5. The van der Waals surface area contributed by atoms with E-state index >= 15 is 4.39 Å². The van der Waals surface area contributed by atoms with Gasteiger partial charge in [0, 0.05) is 77.1 Å². The summed E-state index contributed by atoms with van der Waals surface area (Å²) in [6.45, 7) is 18.9. The molecule has 5 heterocycles. The molecule has 1 aromatic heterocycles. The summed E-state index contributed by atoms with van der Waals surface area (Å²) in [6.07, 6.45) is -3.56. The quantitative estimate of drug-likeness (QED) is 0.122. The highest BCUT2D eigenvalue weighted by Crippen LogP contribution is 2.44. The van der Waals surface area contributed by atoms with E-state index in [1.54, 1.807) is 61.8 Å². The summed E-state index contributed by atoms with van der Waals surface area (Å²) >= 11 is 0. The van der Waals surface area contributed by atoms with E-state index in [-0.39, 0.29) is 30.6 Å². The van der Waals surface area contributed by atoms with Gasteiger partial charge in [-0.1, -0.05) is 69.3 Å². The number of aliphatic hydroxyl groups is 4. The molecule has 0 bridgehead atoms. The maximum atomic E-state index is 15.1. The van der Waals surface area contributed by atoms with Gasteiger partial charge in [0.15, 0.2) is 12.6 Å². The fourth-order valence-electron chi connectivity index (χ4n) is 13.5. The monoisotopic (exact) mass is 1150 g/mol. The molecule has 458 valence electrons. The Morgan fingerprint density at radius 2 is 1.56 bits per heavy atom. The van der Waals surface area contributed by atoms with E-state index in [1.807, 2.05) is 50.1 Å². The van der Waals surface area contributed by atoms with Crippen LogP contribution in [0.15, 0.2) is 35.6 Å². The van der Waals surface area contributed by atoms with Crippen LogP contribution in [0.4, 0.5) is 4.39 Å². The van der Waals surface area contributed by atoms with Crippen LogP contribution in [0.5, 0.6) is 0 Å². The molecule has 7 rings (SSSR count). The van der Waals surface area contributed by atoms with Crippen LogP contribution in [0, 0.1) is 29.6 Å². The van der Waals surface area contributed by atoms with Crippen LogP contribution in [0.1, 0.15) is 163 Å². The number of likely N-dealkylation sites (N-methyl/N-ethyl adjacent to an activating group) is 1. The lowest BCUT2D eigenvalue weighted by Crippen LogP contribution is -2.61. The van der Waals surface area contributed by atoms with Crippen molar-refractivity contribution in [2.45, 2.75) is 242 Å². The molecule has 4 fully saturated rings. The predicted octanol–water partition coefficient (Wildman–Crippen LogP) is 6.62. The highest BCUT2D eigenvalue weighted by Gasteiger charge is 2.54. The van der Waals surface area contributed by atoms with Crippen molar-refractivity contribution in [3.05, 3.63) is 47.3 Å². The summed E-state index contributed by atoms with van der Waals surface area (Å²) in [5.41, 5.74) is -1.42. The molecule has 5 aliphatic rings. The topological polar surface area (TPSA) is 244 Å². The van der Waals surface area contributed by atoms with Crippen molar-refractivity contribution in [1.29, 1.82) is 0 Å². The third kappa shape index (κ3) is 14.1. The Kier molecular flexibility index (Phi) is 21.5. The number of ketones is 1. The Balaban J connectivity index is 1.10. The van der Waals surface area contributed by atoms with Gasteiger partial charge in [-0.3, -0.25) is 9.59 Å². The zero-order valence-electron chi connectivity index (χ0n) is 50.7. The third-order valence-corrected chi connectivity index (χ3v) is 19.1. The van der Waals surface area contributed by atoms with E-state index < -0.39 is 133 Å². The molecule has 4 N–H and O–H groups in total. The van der Waals surface area contributed by atoms with Crippen molar-refractivity contribution in [2.24, 2.45) is 34.7 Å². The van der Waals surface area contributed by atoms with Gasteiger partial charge in [-0.05, 0) is 111 Å². The Labute approximate surface area is 479 Å². The lowest BCUT2D eigenvalue weighted by Gasteiger charge is -2.50. The first kappa shape index (κ1) is 65.0. The molecule has 81 heavy (non-hydrogen) atoms. The second-order valence-corrected chi connectivity index (χ2v) is 25.3. The molecule has 1 saturated carbocycles. The van der Waals surface area contributed by atoms with Crippen LogP contribution in [-0.2, 0) is 58.7 Å². The van der Waals surface area contributed by atoms with E-state index in [9.17, 15) is 30.0 Å². The molecule has 0 radical (unpaired) electrons. The molecule has 0 amide bonds. The van der Waals surface area contributed by atoms with Gasteiger partial charge in [0.05, 0.1) is 59.0 Å². The van der Waals surface area contributed by atoms with Crippen molar-refractivity contribution in [1.82, 2.24) is 19.9 Å². The number of oxime groups is 1. The van der Waals surface area contributed by atoms with Crippen LogP contribution in [0.25, 0.3) is 0 Å². The number of methoxy groups -OCH3 is 3. The number of rotatable bonds is 17. The fourth-order valence-corrected chi connectivity index (χ4v) is 13.5. The van der Waals surface area contributed by atoms with Crippen LogP contribution >= 0.6 is 0 Å². The van der Waals surface area contributed by atoms with Gasteiger partial charge in [-0.25, -0.2) is 9.07 Å². The number of ether oxygens (including phenoxy) is 8. The van der Waals surface area contributed by atoms with E-state index in [1.165, 1.54) is 25.8 Å². The molecule has 20 nitrogen and oxygen atoms in total. The Morgan fingerprint density at radius 1 is 0.889 bits per heavy atom. The normalized spacial score (nSPS) is 41.1. The number of benzene rings is 1. The van der Waals surface area contributed by atoms with Gasteiger partial charge in [-0.2, -0.15) is 0 Å². The van der Waals surface area contributed by atoms with Gasteiger partial charge in [0.1, 0.15) is 54.1 Å². The number of carbonyl (C=O) groups is 2. The molecule has 3 saturated heterocycles. The molecule has 2 aromatic rings. The number of Topliss-reactive ketones (excluding diaryl/α,β-unsaturated/α-hetero) is 1. The number of cyclic esters (lactones) is 1. The minimum atomic E-state index is -2.02. The van der Waals surface area contributed by atoms with E-state index in [4.69, 9.17) is 42.7 Å². The van der Waals surface area contributed by atoms with E-state index in [0.29, 0.717) is 31.0 Å². The number of hydrogen-bond acceptors (Lipinski definition) is 19. The zero-order valence-corrected chi connectivity index (χ0v) is 50.7. The first-order chi connectivity index (χ1) is 38.2. The summed E-state index contributed by atoms with van der Waals surface area (Å²) in [5, 5.41) is 60.4. The maximum absolute atomic E-state index is 15.1. The lowest BCUT2D eigenvalue weighted by atomic mass is 9.74. The van der Waals surface area contributed by atoms with Crippen LogP contribution in [0.2, 0.25) is 0 Å². The van der Waals surface area contributed by atoms with Crippen molar-refractivity contribution >= 4 is 17.5 Å². The molecule has 1 aromatic carbocycles. The Hall–Kier alpha value is -3.58. The van der Waals surface area contributed by atoms with Crippen LogP contribution in [0.3, 0.4) is 0 Å². The molecule has 0 unspecified atom stereocenters. The minimum absolute atomic E-state index is 0.0410. The number of carbonyl (C=O) groups excluding carboxylic acids is 2. The van der Waals surface area contributed by atoms with Crippen LogP contribution in [-0.4, -0.2) is 189 Å². The fraction of sp³-hybridized carbons (Fsp3) is 0.817. The SMILES string of the molecule is CC[C@H]1OC(=O)[C@H](C)[C@@H](O[C@H]2C[C@@](C)(OC)[C@@H](O)[C@H](C)O2)[C@H](C)[C@@H](O[C@@H]2O[C@H](C)C[C@H](N(C)CCc3cn([C@@H](CF)[C@H](OC)c4ccc(C5=NOC6(CCC(C)CC6)C5)cc4)nn3)[C@H]2O)[C@](C)(OC)C[C@@H](C)C(=O)[C@H](C)[C@@H](O)[C@]1(C)O. The number of aliphatic hydroxyl groups excluding tert-OH is 3. The highest BCUT2D eigenvalue weighted by atomic mass is 19.1. The molecule has 1 aliphatic carbocycles.